The van der Waals surface area contributed by atoms with Crippen molar-refractivity contribution >= 4 is 17.2 Å². The van der Waals surface area contributed by atoms with Crippen LogP contribution in [0.5, 0.6) is 0 Å². The Hall–Kier alpha value is -0.910. The number of morpholine rings is 1. The Morgan fingerprint density at radius 1 is 1.35 bits per heavy atom. The van der Waals surface area contributed by atoms with Crippen LogP contribution in [0.15, 0.2) is 17.5 Å². The first-order valence-electron chi connectivity index (χ1n) is 7.44. The van der Waals surface area contributed by atoms with Crippen LogP contribution in [-0.4, -0.2) is 50.2 Å². The highest BCUT2D eigenvalue weighted by Crippen LogP contribution is 2.11. The maximum atomic E-state index is 11.7. The van der Waals surface area contributed by atoms with Gasteiger partial charge in [0, 0.05) is 30.9 Å². The zero-order valence-electron chi connectivity index (χ0n) is 12.0. The van der Waals surface area contributed by atoms with Gasteiger partial charge in [0.25, 0.3) is 0 Å². The van der Waals surface area contributed by atoms with Gasteiger partial charge < -0.3 is 10.1 Å². The van der Waals surface area contributed by atoms with E-state index >= 15 is 0 Å². The number of amides is 1. The molecule has 0 spiro atoms. The lowest BCUT2D eigenvalue weighted by atomic mass is 10.2. The van der Waals surface area contributed by atoms with Gasteiger partial charge in [-0.2, -0.15) is 0 Å². The Morgan fingerprint density at radius 2 is 2.20 bits per heavy atom. The maximum Gasteiger partial charge on any atom is 0.220 e. The molecule has 20 heavy (non-hydrogen) atoms. The molecule has 0 atom stereocenters. The molecule has 1 N–H and O–H groups in total. The van der Waals surface area contributed by atoms with Gasteiger partial charge in [-0.1, -0.05) is 6.07 Å². The SMILES string of the molecule is O=C(CCCc1cccs1)NCCCN1CCOCC1. The third kappa shape index (κ3) is 6.03. The predicted octanol–water partition coefficient (Wildman–Crippen LogP) is 1.91. The van der Waals surface area contributed by atoms with Gasteiger partial charge in [-0.05, 0) is 37.3 Å². The van der Waals surface area contributed by atoms with Crippen LogP contribution < -0.4 is 5.32 Å². The summed E-state index contributed by atoms with van der Waals surface area (Å²) in [5.41, 5.74) is 0. The van der Waals surface area contributed by atoms with Crippen molar-refractivity contribution in [3.63, 3.8) is 0 Å². The van der Waals surface area contributed by atoms with Crippen molar-refractivity contribution in [1.82, 2.24) is 10.2 Å². The van der Waals surface area contributed by atoms with Crippen LogP contribution in [0.2, 0.25) is 0 Å². The molecule has 1 amide bonds. The molecular weight excluding hydrogens is 272 g/mol. The average Bonchev–Trinajstić information content (AvgIpc) is 2.98. The number of thiophene rings is 1. The summed E-state index contributed by atoms with van der Waals surface area (Å²) in [4.78, 5) is 15.4. The molecule has 1 aliphatic heterocycles. The van der Waals surface area contributed by atoms with Gasteiger partial charge in [0.15, 0.2) is 0 Å². The molecule has 2 rings (SSSR count). The van der Waals surface area contributed by atoms with Crippen LogP contribution >= 0.6 is 11.3 Å². The number of hydrogen-bond donors (Lipinski definition) is 1. The number of rotatable bonds is 8. The first kappa shape index (κ1) is 15.5. The summed E-state index contributed by atoms with van der Waals surface area (Å²) < 4.78 is 5.31. The van der Waals surface area contributed by atoms with Crippen LogP contribution in [0.25, 0.3) is 0 Å². The van der Waals surface area contributed by atoms with Crippen LogP contribution in [0.1, 0.15) is 24.1 Å². The Labute approximate surface area is 125 Å². The first-order chi connectivity index (χ1) is 9.84. The van der Waals surface area contributed by atoms with E-state index in [1.807, 2.05) is 0 Å². The number of carbonyl (C=O) groups excluding carboxylic acids is 1. The Balaban J connectivity index is 1.45. The molecule has 1 saturated heterocycles. The second kappa shape index (κ2) is 9.10. The fraction of sp³-hybridized carbons (Fsp3) is 0.667. The highest BCUT2D eigenvalue weighted by molar-refractivity contribution is 7.09. The molecule has 0 saturated carbocycles. The highest BCUT2D eigenvalue weighted by Gasteiger charge is 2.09. The van der Waals surface area contributed by atoms with Crippen molar-refractivity contribution in [2.45, 2.75) is 25.7 Å². The zero-order chi connectivity index (χ0) is 14.0. The molecule has 1 fully saturated rings. The number of ether oxygens (including phenoxy) is 1. The number of nitrogens with zero attached hydrogens (tertiary/aromatic N) is 1. The Morgan fingerprint density at radius 3 is 2.95 bits per heavy atom. The summed E-state index contributed by atoms with van der Waals surface area (Å²) in [6.45, 7) is 5.57. The van der Waals surface area contributed by atoms with Crippen LogP contribution in [0, 0.1) is 0 Å². The molecule has 0 unspecified atom stereocenters. The minimum Gasteiger partial charge on any atom is -0.379 e. The number of nitrogens with one attached hydrogen (secondary N) is 1. The summed E-state index contributed by atoms with van der Waals surface area (Å²) in [5, 5.41) is 5.09. The molecular formula is C15H24N2O2S. The summed E-state index contributed by atoms with van der Waals surface area (Å²) in [5.74, 6) is 0.184. The van der Waals surface area contributed by atoms with Crippen molar-refractivity contribution in [2.75, 3.05) is 39.4 Å². The Bertz CT molecular complexity index is 375. The predicted molar refractivity (Wildman–Crippen MR) is 82.1 cm³/mol. The fourth-order valence-electron chi connectivity index (χ4n) is 2.32. The van der Waals surface area contributed by atoms with Crippen molar-refractivity contribution in [2.24, 2.45) is 0 Å². The summed E-state index contributed by atoms with van der Waals surface area (Å²) in [6, 6.07) is 4.19. The summed E-state index contributed by atoms with van der Waals surface area (Å²) in [7, 11) is 0. The van der Waals surface area contributed by atoms with E-state index in [-0.39, 0.29) is 5.91 Å². The lowest BCUT2D eigenvalue weighted by molar-refractivity contribution is -0.121. The third-order valence-electron chi connectivity index (χ3n) is 3.48. The molecule has 2 heterocycles. The van der Waals surface area contributed by atoms with Crippen LogP contribution in [0.3, 0.4) is 0 Å². The molecule has 0 radical (unpaired) electrons. The normalized spacial score (nSPS) is 16.2. The van der Waals surface area contributed by atoms with Gasteiger partial charge in [0.05, 0.1) is 13.2 Å². The van der Waals surface area contributed by atoms with E-state index in [0.29, 0.717) is 6.42 Å². The minimum atomic E-state index is 0.184. The van der Waals surface area contributed by atoms with Crippen molar-refractivity contribution in [1.29, 1.82) is 0 Å². The second-order valence-electron chi connectivity index (χ2n) is 5.09. The van der Waals surface area contributed by atoms with E-state index in [4.69, 9.17) is 4.74 Å². The second-order valence-corrected chi connectivity index (χ2v) is 6.12. The first-order valence-corrected chi connectivity index (χ1v) is 8.32. The molecule has 112 valence electrons. The van der Waals surface area contributed by atoms with E-state index in [0.717, 1.165) is 58.7 Å². The van der Waals surface area contributed by atoms with E-state index in [1.54, 1.807) is 11.3 Å². The highest BCUT2D eigenvalue weighted by atomic mass is 32.1. The number of carbonyl (C=O) groups is 1. The average molecular weight is 296 g/mol. The largest absolute Gasteiger partial charge is 0.379 e. The van der Waals surface area contributed by atoms with Gasteiger partial charge in [-0.3, -0.25) is 9.69 Å². The fourth-order valence-corrected chi connectivity index (χ4v) is 3.07. The molecule has 1 aliphatic rings. The molecule has 5 heteroatoms. The monoisotopic (exact) mass is 296 g/mol. The molecule has 1 aromatic heterocycles. The lowest BCUT2D eigenvalue weighted by Crippen LogP contribution is -2.38. The standard InChI is InChI=1S/C15H24N2O2S/c18-15(6-1-4-14-5-2-13-20-14)16-7-3-8-17-9-11-19-12-10-17/h2,5,13H,1,3-4,6-12H2,(H,16,18). The molecule has 1 aromatic rings. The smallest absolute Gasteiger partial charge is 0.220 e. The van der Waals surface area contributed by atoms with E-state index in [2.05, 4.69) is 27.7 Å². The Kier molecular flexibility index (Phi) is 7.05. The zero-order valence-corrected chi connectivity index (χ0v) is 12.8. The van der Waals surface area contributed by atoms with Crippen molar-refractivity contribution in [3.8, 4) is 0 Å². The summed E-state index contributed by atoms with van der Waals surface area (Å²) in [6.07, 6.45) is 3.61. The number of aryl methyl sites for hydroxylation is 1. The quantitative estimate of drug-likeness (QED) is 0.745. The van der Waals surface area contributed by atoms with Gasteiger partial charge >= 0.3 is 0 Å². The molecule has 0 aliphatic carbocycles. The summed E-state index contributed by atoms with van der Waals surface area (Å²) >= 11 is 1.76. The minimum absolute atomic E-state index is 0.184. The number of hydrogen-bond acceptors (Lipinski definition) is 4. The van der Waals surface area contributed by atoms with E-state index < -0.39 is 0 Å². The lowest BCUT2D eigenvalue weighted by Gasteiger charge is -2.26. The van der Waals surface area contributed by atoms with Gasteiger partial charge in [-0.25, -0.2) is 0 Å². The van der Waals surface area contributed by atoms with Crippen LogP contribution in [-0.2, 0) is 16.0 Å². The van der Waals surface area contributed by atoms with Gasteiger partial charge in [0.2, 0.25) is 5.91 Å². The van der Waals surface area contributed by atoms with Gasteiger partial charge in [0.1, 0.15) is 0 Å². The molecule has 4 nitrogen and oxygen atoms in total. The maximum absolute atomic E-state index is 11.7. The van der Waals surface area contributed by atoms with E-state index in [1.165, 1.54) is 4.88 Å². The van der Waals surface area contributed by atoms with Crippen LogP contribution in [0.4, 0.5) is 0 Å². The van der Waals surface area contributed by atoms with Crippen molar-refractivity contribution < 1.29 is 9.53 Å². The molecule has 0 bridgehead atoms. The van der Waals surface area contributed by atoms with E-state index in [9.17, 15) is 4.79 Å². The third-order valence-corrected chi connectivity index (χ3v) is 4.42. The van der Waals surface area contributed by atoms with Crippen molar-refractivity contribution in [3.05, 3.63) is 22.4 Å². The molecule has 0 aromatic carbocycles. The topological polar surface area (TPSA) is 41.6 Å². The van der Waals surface area contributed by atoms with Gasteiger partial charge in [-0.15, -0.1) is 11.3 Å².